The Bertz CT molecular complexity index is 597. The van der Waals surface area contributed by atoms with Crippen LogP contribution in [0.25, 0.3) is 0 Å². The summed E-state index contributed by atoms with van der Waals surface area (Å²) in [5.41, 5.74) is 11.2. The molecule has 0 spiro atoms. The van der Waals surface area contributed by atoms with Crippen LogP contribution in [0.4, 0.5) is 0 Å². The molecule has 1 heterocycles. The lowest BCUT2D eigenvalue weighted by molar-refractivity contribution is 0.958. The average molecular weight is 272 g/mol. The van der Waals surface area contributed by atoms with E-state index in [2.05, 4.69) is 32.0 Å². The Morgan fingerprint density at radius 1 is 1.26 bits per heavy atom. The Morgan fingerprint density at radius 2 is 2.05 bits per heavy atom. The van der Waals surface area contributed by atoms with Gasteiger partial charge in [0.1, 0.15) is 0 Å². The normalized spacial score (nSPS) is 14.9. The van der Waals surface area contributed by atoms with Crippen molar-refractivity contribution in [2.45, 2.75) is 45.6 Å². The molecule has 0 saturated heterocycles. The van der Waals surface area contributed by atoms with Crippen LogP contribution in [0.1, 0.15) is 51.0 Å². The molecular formula is C16H20N2S. The Morgan fingerprint density at radius 3 is 2.68 bits per heavy atom. The van der Waals surface area contributed by atoms with Gasteiger partial charge < -0.3 is 5.73 Å². The zero-order valence-corrected chi connectivity index (χ0v) is 12.4. The van der Waals surface area contributed by atoms with Gasteiger partial charge in [0, 0.05) is 23.8 Å². The molecule has 1 aromatic heterocycles. The molecule has 1 fully saturated rings. The quantitative estimate of drug-likeness (QED) is 0.922. The Labute approximate surface area is 118 Å². The molecule has 0 aliphatic heterocycles. The molecule has 1 aliphatic rings. The van der Waals surface area contributed by atoms with Crippen molar-refractivity contribution >= 4 is 11.3 Å². The van der Waals surface area contributed by atoms with Gasteiger partial charge in [0.2, 0.25) is 0 Å². The number of benzene rings is 1. The lowest BCUT2D eigenvalue weighted by atomic mass is 10.0. The number of nitrogens with zero attached hydrogens (tertiary/aromatic N) is 1. The fraction of sp³-hybridized carbons (Fsp3) is 0.438. The van der Waals surface area contributed by atoms with Crippen molar-refractivity contribution < 1.29 is 0 Å². The maximum absolute atomic E-state index is 5.84. The van der Waals surface area contributed by atoms with Crippen molar-refractivity contribution in [1.82, 2.24) is 4.98 Å². The number of hydrogen-bond acceptors (Lipinski definition) is 3. The smallest absolute Gasteiger partial charge is 0.0975 e. The van der Waals surface area contributed by atoms with E-state index < -0.39 is 0 Å². The molecule has 0 atom stereocenters. The topological polar surface area (TPSA) is 38.9 Å². The van der Waals surface area contributed by atoms with E-state index in [1.807, 2.05) is 0 Å². The second-order valence-corrected chi connectivity index (χ2v) is 6.66. The lowest BCUT2D eigenvalue weighted by Crippen LogP contribution is -1.97. The van der Waals surface area contributed by atoms with E-state index in [4.69, 9.17) is 10.7 Å². The first kappa shape index (κ1) is 12.8. The van der Waals surface area contributed by atoms with Crippen LogP contribution in [0.5, 0.6) is 0 Å². The monoisotopic (exact) mass is 272 g/mol. The third-order valence-electron chi connectivity index (χ3n) is 3.85. The Hall–Kier alpha value is -1.19. The molecule has 1 saturated carbocycles. The lowest BCUT2D eigenvalue weighted by Gasteiger charge is -2.03. The summed E-state index contributed by atoms with van der Waals surface area (Å²) in [6.45, 7) is 4.96. The largest absolute Gasteiger partial charge is 0.326 e. The Balaban J connectivity index is 1.84. The van der Waals surface area contributed by atoms with Crippen LogP contribution in [-0.4, -0.2) is 4.98 Å². The molecule has 1 aromatic carbocycles. The van der Waals surface area contributed by atoms with Crippen LogP contribution in [0.15, 0.2) is 18.2 Å². The van der Waals surface area contributed by atoms with E-state index in [1.54, 1.807) is 11.3 Å². The van der Waals surface area contributed by atoms with Gasteiger partial charge in [0.25, 0.3) is 0 Å². The highest BCUT2D eigenvalue weighted by Gasteiger charge is 2.29. The van der Waals surface area contributed by atoms with Gasteiger partial charge in [0.05, 0.1) is 10.7 Å². The fourth-order valence-electron chi connectivity index (χ4n) is 2.40. The number of thiazole rings is 1. The van der Waals surface area contributed by atoms with Crippen molar-refractivity contribution in [3.05, 3.63) is 50.5 Å². The van der Waals surface area contributed by atoms with Gasteiger partial charge in [-0.3, -0.25) is 0 Å². The zero-order valence-electron chi connectivity index (χ0n) is 11.6. The van der Waals surface area contributed by atoms with Gasteiger partial charge in [-0.1, -0.05) is 18.2 Å². The summed E-state index contributed by atoms with van der Waals surface area (Å²) in [5, 5.41) is 1.21. The first-order chi connectivity index (χ1) is 9.17. The maximum Gasteiger partial charge on any atom is 0.0975 e. The molecule has 0 amide bonds. The van der Waals surface area contributed by atoms with Crippen molar-refractivity contribution in [2.75, 3.05) is 0 Å². The van der Waals surface area contributed by atoms with Gasteiger partial charge in [-0.25, -0.2) is 4.98 Å². The van der Waals surface area contributed by atoms with E-state index >= 15 is 0 Å². The predicted octanol–water partition coefficient (Wildman–Crippen LogP) is 3.69. The van der Waals surface area contributed by atoms with Crippen LogP contribution in [0, 0.1) is 13.8 Å². The van der Waals surface area contributed by atoms with E-state index in [9.17, 15) is 0 Å². The van der Waals surface area contributed by atoms with Crippen LogP contribution in [-0.2, 0) is 13.0 Å². The molecule has 2 nitrogen and oxygen atoms in total. The number of hydrogen-bond donors (Lipinski definition) is 1. The summed E-state index contributed by atoms with van der Waals surface area (Å²) in [7, 11) is 0. The van der Waals surface area contributed by atoms with Gasteiger partial charge in [-0.2, -0.15) is 0 Å². The summed E-state index contributed by atoms with van der Waals surface area (Å²) in [6.07, 6.45) is 3.52. The average Bonchev–Trinajstić information content (AvgIpc) is 3.16. The van der Waals surface area contributed by atoms with E-state index in [-0.39, 0.29) is 0 Å². The van der Waals surface area contributed by atoms with Gasteiger partial charge in [-0.05, 0) is 43.4 Å². The molecule has 2 aromatic rings. The highest BCUT2D eigenvalue weighted by molar-refractivity contribution is 7.11. The van der Waals surface area contributed by atoms with Crippen LogP contribution in [0.3, 0.4) is 0 Å². The van der Waals surface area contributed by atoms with E-state index in [0.717, 1.165) is 6.42 Å². The molecular weight excluding hydrogens is 252 g/mol. The van der Waals surface area contributed by atoms with Gasteiger partial charge in [-0.15, -0.1) is 11.3 Å². The summed E-state index contributed by atoms with van der Waals surface area (Å²) >= 11 is 1.80. The fourth-order valence-corrected chi connectivity index (χ4v) is 3.47. The molecule has 0 unspecified atom stereocenters. The molecule has 3 heteroatoms. The molecule has 100 valence electrons. The SMILES string of the molecule is Cc1ccc(Cc2nc(C3CC3)c(CN)s2)cc1C. The highest BCUT2D eigenvalue weighted by Crippen LogP contribution is 2.42. The summed E-state index contributed by atoms with van der Waals surface area (Å²) < 4.78 is 0. The van der Waals surface area contributed by atoms with Gasteiger partial charge >= 0.3 is 0 Å². The van der Waals surface area contributed by atoms with Crippen molar-refractivity contribution in [3.63, 3.8) is 0 Å². The number of nitrogens with two attached hydrogens (primary N) is 1. The predicted molar refractivity (Wildman–Crippen MR) is 80.7 cm³/mol. The van der Waals surface area contributed by atoms with Crippen LogP contribution < -0.4 is 5.73 Å². The van der Waals surface area contributed by atoms with Crippen molar-refractivity contribution in [2.24, 2.45) is 5.73 Å². The highest BCUT2D eigenvalue weighted by atomic mass is 32.1. The maximum atomic E-state index is 5.84. The molecule has 1 aliphatic carbocycles. The molecule has 0 radical (unpaired) electrons. The first-order valence-electron chi connectivity index (χ1n) is 6.92. The number of aryl methyl sites for hydroxylation is 2. The van der Waals surface area contributed by atoms with Crippen molar-refractivity contribution in [3.8, 4) is 0 Å². The summed E-state index contributed by atoms with van der Waals surface area (Å²) in [4.78, 5) is 6.12. The summed E-state index contributed by atoms with van der Waals surface area (Å²) in [6, 6.07) is 6.68. The van der Waals surface area contributed by atoms with E-state index in [1.165, 1.54) is 45.1 Å². The van der Waals surface area contributed by atoms with Crippen LogP contribution >= 0.6 is 11.3 Å². The third-order valence-corrected chi connectivity index (χ3v) is 4.94. The first-order valence-corrected chi connectivity index (χ1v) is 7.73. The molecule has 3 rings (SSSR count). The molecule has 2 N–H and O–H groups in total. The van der Waals surface area contributed by atoms with E-state index in [0.29, 0.717) is 12.5 Å². The Kier molecular flexibility index (Phi) is 3.42. The number of rotatable bonds is 4. The number of aromatic nitrogens is 1. The standard InChI is InChI=1S/C16H20N2S/c1-10-3-4-12(7-11(10)2)8-15-18-16(13-5-6-13)14(9-17)19-15/h3-4,7,13H,5-6,8-9,17H2,1-2H3. The minimum Gasteiger partial charge on any atom is -0.326 e. The van der Waals surface area contributed by atoms with Crippen molar-refractivity contribution in [1.29, 1.82) is 0 Å². The minimum atomic E-state index is 0.635. The molecule has 0 bridgehead atoms. The zero-order chi connectivity index (χ0) is 13.4. The summed E-state index contributed by atoms with van der Waals surface area (Å²) in [5.74, 6) is 0.698. The minimum absolute atomic E-state index is 0.635. The second kappa shape index (κ2) is 5.06. The van der Waals surface area contributed by atoms with Crippen LogP contribution in [0.2, 0.25) is 0 Å². The molecule has 19 heavy (non-hydrogen) atoms. The van der Waals surface area contributed by atoms with Gasteiger partial charge in [0.15, 0.2) is 0 Å². The second-order valence-electron chi connectivity index (χ2n) is 5.49. The third kappa shape index (κ3) is 2.72.